The quantitative estimate of drug-likeness (QED) is 0.749. The van der Waals surface area contributed by atoms with E-state index in [0.29, 0.717) is 6.61 Å². The molecular weight excluding hydrogens is 266 g/mol. The fraction of sp³-hybridized carbons (Fsp3) is 0.538. The molecular formula is C13H20BrNO. The number of aliphatic hydroxyl groups is 1. The van der Waals surface area contributed by atoms with Gasteiger partial charge in [0.1, 0.15) is 0 Å². The highest BCUT2D eigenvalue weighted by Crippen LogP contribution is 2.23. The van der Waals surface area contributed by atoms with Crippen LogP contribution in [0, 0.1) is 6.92 Å². The molecule has 0 aromatic heterocycles. The van der Waals surface area contributed by atoms with E-state index in [4.69, 9.17) is 5.11 Å². The van der Waals surface area contributed by atoms with E-state index in [0.717, 1.165) is 30.3 Å². The largest absolute Gasteiger partial charge is 0.396 e. The third-order valence-corrected chi connectivity index (χ3v) is 3.21. The molecule has 0 aliphatic heterocycles. The van der Waals surface area contributed by atoms with E-state index >= 15 is 0 Å². The zero-order valence-corrected chi connectivity index (χ0v) is 11.4. The number of anilines is 1. The van der Waals surface area contributed by atoms with Crippen LogP contribution in [-0.2, 0) is 0 Å². The lowest BCUT2D eigenvalue weighted by atomic mass is 10.2. The summed E-state index contributed by atoms with van der Waals surface area (Å²) in [5.74, 6) is 0. The SMILES string of the molecule is Cc1ccc(Br)c(NCCCCCCO)c1. The maximum absolute atomic E-state index is 8.65. The van der Waals surface area contributed by atoms with Crippen LogP contribution in [0.25, 0.3) is 0 Å². The fourth-order valence-corrected chi connectivity index (χ4v) is 1.97. The van der Waals surface area contributed by atoms with Gasteiger partial charge in [0.25, 0.3) is 0 Å². The second kappa shape index (κ2) is 7.69. The minimum atomic E-state index is 0.316. The summed E-state index contributed by atoms with van der Waals surface area (Å²) >= 11 is 3.53. The Morgan fingerprint density at radius 2 is 1.94 bits per heavy atom. The first-order valence-electron chi connectivity index (χ1n) is 5.85. The molecule has 0 aliphatic rings. The van der Waals surface area contributed by atoms with E-state index in [2.05, 4.69) is 46.4 Å². The van der Waals surface area contributed by atoms with Crippen molar-refractivity contribution in [3.05, 3.63) is 28.2 Å². The Morgan fingerprint density at radius 3 is 2.69 bits per heavy atom. The van der Waals surface area contributed by atoms with Crippen molar-refractivity contribution < 1.29 is 5.11 Å². The van der Waals surface area contributed by atoms with Gasteiger partial charge >= 0.3 is 0 Å². The summed E-state index contributed by atoms with van der Waals surface area (Å²) in [7, 11) is 0. The topological polar surface area (TPSA) is 32.3 Å². The maximum atomic E-state index is 8.65. The van der Waals surface area contributed by atoms with Crippen molar-refractivity contribution in [1.29, 1.82) is 0 Å². The van der Waals surface area contributed by atoms with Gasteiger partial charge in [-0.15, -0.1) is 0 Å². The van der Waals surface area contributed by atoms with E-state index < -0.39 is 0 Å². The molecule has 0 radical (unpaired) electrons. The summed E-state index contributed by atoms with van der Waals surface area (Å²) in [6, 6.07) is 6.32. The van der Waals surface area contributed by atoms with Crippen molar-refractivity contribution in [3.63, 3.8) is 0 Å². The molecule has 0 atom stereocenters. The van der Waals surface area contributed by atoms with Gasteiger partial charge in [0.2, 0.25) is 0 Å². The highest BCUT2D eigenvalue weighted by Gasteiger charge is 1.98. The summed E-state index contributed by atoms with van der Waals surface area (Å²) in [5, 5.41) is 12.1. The smallest absolute Gasteiger partial charge is 0.0487 e. The van der Waals surface area contributed by atoms with Crippen LogP contribution >= 0.6 is 15.9 Å². The standard InChI is InChI=1S/C13H20BrNO/c1-11-6-7-12(14)13(10-11)15-8-4-2-3-5-9-16/h6-7,10,15-16H,2-5,8-9H2,1H3. The lowest BCUT2D eigenvalue weighted by Gasteiger charge is -2.09. The lowest BCUT2D eigenvalue weighted by molar-refractivity contribution is 0.283. The number of unbranched alkanes of at least 4 members (excludes halogenated alkanes) is 3. The average molecular weight is 286 g/mol. The normalized spacial score (nSPS) is 10.4. The van der Waals surface area contributed by atoms with Crippen molar-refractivity contribution in [3.8, 4) is 0 Å². The molecule has 16 heavy (non-hydrogen) atoms. The number of nitrogens with one attached hydrogen (secondary N) is 1. The van der Waals surface area contributed by atoms with Crippen molar-refractivity contribution in [2.45, 2.75) is 32.6 Å². The van der Waals surface area contributed by atoms with E-state index in [-0.39, 0.29) is 0 Å². The summed E-state index contributed by atoms with van der Waals surface area (Å²) in [4.78, 5) is 0. The van der Waals surface area contributed by atoms with Crippen molar-refractivity contribution in [1.82, 2.24) is 0 Å². The minimum Gasteiger partial charge on any atom is -0.396 e. The maximum Gasteiger partial charge on any atom is 0.0487 e. The van der Waals surface area contributed by atoms with Gasteiger partial charge in [0, 0.05) is 23.3 Å². The Morgan fingerprint density at radius 1 is 1.19 bits per heavy atom. The summed E-state index contributed by atoms with van der Waals surface area (Å²) in [5.41, 5.74) is 2.44. The average Bonchev–Trinajstić information content (AvgIpc) is 2.28. The summed E-state index contributed by atoms with van der Waals surface area (Å²) in [6.07, 6.45) is 4.37. The second-order valence-electron chi connectivity index (χ2n) is 4.05. The first-order chi connectivity index (χ1) is 7.74. The molecule has 3 heteroatoms. The number of halogens is 1. The third kappa shape index (κ3) is 4.99. The number of aliphatic hydroxyl groups excluding tert-OH is 1. The van der Waals surface area contributed by atoms with Crippen LogP contribution in [0.5, 0.6) is 0 Å². The number of aryl methyl sites for hydroxylation is 1. The Labute approximate surface area is 106 Å². The predicted octanol–water partition coefficient (Wildman–Crippen LogP) is 3.72. The first-order valence-corrected chi connectivity index (χ1v) is 6.64. The zero-order chi connectivity index (χ0) is 11.8. The Bertz CT molecular complexity index is 315. The van der Waals surface area contributed by atoms with Crippen LogP contribution in [0.2, 0.25) is 0 Å². The van der Waals surface area contributed by atoms with Gasteiger partial charge < -0.3 is 10.4 Å². The molecule has 0 saturated carbocycles. The molecule has 1 rings (SSSR count). The summed E-state index contributed by atoms with van der Waals surface area (Å²) in [6.45, 7) is 3.41. The van der Waals surface area contributed by atoms with Crippen LogP contribution in [-0.4, -0.2) is 18.3 Å². The molecule has 2 N–H and O–H groups in total. The third-order valence-electron chi connectivity index (χ3n) is 2.52. The lowest BCUT2D eigenvalue weighted by Crippen LogP contribution is -2.02. The van der Waals surface area contributed by atoms with Crippen molar-refractivity contribution in [2.75, 3.05) is 18.5 Å². The molecule has 2 nitrogen and oxygen atoms in total. The predicted molar refractivity (Wildman–Crippen MR) is 72.9 cm³/mol. The Balaban J connectivity index is 2.23. The molecule has 0 bridgehead atoms. The van der Waals surface area contributed by atoms with Crippen LogP contribution < -0.4 is 5.32 Å². The van der Waals surface area contributed by atoms with Gasteiger partial charge in [-0.2, -0.15) is 0 Å². The van der Waals surface area contributed by atoms with Gasteiger partial charge in [-0.1, -0.05) is 18.9 Å². The molecule has 1 aromatic carbocycles. The molecule has 0 unspecified atom stereocenters. The highest BCUT2D eigenvalue weighted by atomic mass is 79.9. The van der Waals surface area contributed by atoms with Gasteiger partial charge in [0.15, 0.2) is 0 Å². The van der Waals surface area contributed by atoms with E-state index in [1.165, 1.54) is 17.7 Å². The van der Waals surface area contributed by atoms with Gasteiger partial charge in [-0.3, -0.25) is 0 Å². The number of benzene rings is 1. The molecule has 0 amide bonds. The van der Waals surface area contributed by atoms with Crippen molar-refractivity contribution >= 4 is 21.6 Å². The van der Waals surface area contributed by atoms with E-state index in [9.17, 15) is 0 Å². The van der Waals surface area contributed by atoms with Gasteiger partial charge in [0.05, 0.1) is 0 Å². The van der Waals surface area contributed by atoms with E-state index in [1.54, 1.807) is 0 Å². The molecule has 0 spiro atoms. The molecule has 0 heterocycles. The van der Waals surface area contributed by atoms with E-state index in [1.807, 2.05) is 0 Å². The number of rotatable bonds is 7. The van der Waals surface area contributed by atoms with Gasteiger partial charge in [-0.25, -0.2) is 0 Å². The van der Waals surface area contributed by atoms with Crippen LogP contribution in [0.1, 0.15) is 31.2 Å². The minimum absolute atomic E-state index is 0.316. The zero-order valence-electron chi connectivity index (χ0n) is 9.80. The second-order valence-corrected chi connectivity index (χ2v) is 4.90. The number of hydrogen-bond acceptors (Lipinski definition) is 2. The van der Waals surface area contributed by atoms with Crippen molar-refractivity contribution in [2.24, 2.45) is 0 Å². The monoisotopic (exact) mass is 285 g/mol. The van der Waals surface area contributed by atoms with Crippen LogP contribution in [0.15, 0.2) is 22.7 Å². The highest BCUT2D eigenvalue weighted by molar-refractivity contribution is 9.10. The Kier molecular flexibility index (Phi) is 6.50. The first kappa shape index (κ1) is 13.5. The Hall–Kier alpha value is -0.540. The fourth-order valence-electron chi connectivity index (χ4n) is 1.59. The molecule has 1 aromatic rings. The molecule has 0 saturated heterocycles. The van der Waals surface area contributed by atoms with Crippen LogP contribution in [0.4, 0.5) is 5.69 Å². The molecule has 90 valence electrons. The molecule has 0 fully saturated rings. The summed E-state index contributed by atoms with van der Waals surface area (Å²) < 4.78 is 1.12. The number of hydrogen-bond donors (Lipinski definition) is 2. The van der Waals surface area contributed by atoms with Gasteiger partial charge in [-0.05, 0) is 53.4 Å². The molecule has 0 aliphatic carbocycles. The van der Waals surface area contributed by atoms with Crippen LogP contribution in [0.3, 0.4) is 0 Å².